The predicted molar refractivity (Wildman–Crippen MR) is 103 cm³/mol. The molecule has 2 heterocycles. The average Bonchev–Trinajstić information content (AvgIpc) is 3.19. The number of carbonyl (C=O) groups excluding carboxylic acids is 2. The van der Waals surface area contributed by atoms with Gasteiger partial charge in [0.05, 0.1) is 29.7 Å². The normalized spacial score (nSPS) is 17.6. The highest BCUT2D eigenvalue weighted by Crippen LogP contribution is 2.38. The predicted octanol–water partition coefficient (Wildman–Crippen LogP) is 1.41. The number of nitrogens with one attached hydrogen (secondary N) is 2. The van der Waals surface area contributed by atoms with Gasteiger partial charge in [0.1, 0.15) is 0 Å². The molecule has 0 fully saturated rings. The molecular weight excluding hydrogens is 346 g/mol. The number of hydrogen-bond donors (Lipinski definition) is 3. The first-order valence-corrected chi connectivity index (χ1v) is 8.87. The van der Waals surface area contributed by atoms with Gasteiger partial charge in [-0.25, -0.2) is 0 Å². The Hall–Kier alpha value is -2.68. The Bertz CT molecular complexity index is 821. The van der Waals surface area contributed by atoms with E-state index in [9.17, 15) is 9.59 Å². The molecule has 2 atom stereocenters. The first-order chi connectivity index (χ1) is 13.0. The van der Waals surface area contributed by atoms with E-state index < -0.39 is 0 Å². The zero-order valence-electron chi connectivity index (χ0n) is 15.7. The van der Waals surface area contributed by atoms with E-state index in [4.69, 9.17) is 10.3 Å². The van der Waals surface area contributed by atoms with Crippen molar-refractivity contribution in [1.82, 2.24) is 10.7 Å². The molecule has 2 amide bonds. The lowest BCUT2D eigenvalue weighted by atomic mass is 10.0. The maximum atomic E-state index is 13.0. The van der Waals surface area contributed by atoms with Crippen LogP contribution >= 0.6 is 0 Å². The van der Waals surface area contributed by atoms with Gasteiger partial charge in [0, 0.05) is 20.0 Å². The lowest BCUT2D eigenvalue weighted by Crippen LogP contribution is -2.51. The number of nitrogens with zero attached hydrogens (tertiary/aromatic N) is 2. The number of nitrogens with two attached hydrogens (primary N) is 1. The molecule has 1 aliphatic heterocycles. The minimum Gasteiger partial charge on any atom is -0.459 e. The number of furan rings is 1. The van der Waals surface area contributed by atoms with Crippen LogP contribution in [-0.2, 0) is 4.79 Å². The number of rotatable bonds is 5. The number of amides is 2. The van der Waals surface area contributed by atoms with E-state index in [-0.39, 0.29) is 29.7 Å². The lowest BCUT2D eigenvalue weighted by Gasteiger charge is -2.41. The van der Waals surface area contributed by atoms with Crippen LogP contribution in [0.2, 0.25) is 0 Å². The van der Waals surface area contributed by atoms with Crippen molar-refractivity contribution < 1.29 is 14.0 Å². The van der Waals surface area contributed by atoms with Crippen LogP contribution in [0, 0.1) is 0 Å². The van der Waals surface area contributed by atoms with Crippen molar-refractivity contribution >= 4 is 23.2 Å². The summed E-state index contributed by atoms with van der Waals surface area (Å²) in [6.45, 7) is 4.45. The zero-order chi connectivity index (χ0) is 19.6. The maximum Gasteiger partial charge on any atom is 0.294 e. The Labute approximate surface area is 158 Å². The van der Waals surface area contributed by atoms with Crippen LogP contribution < -0.4 is 26.4 Å². The molecule has 144 valence electrons. The Balaban J connectivity index is 2.09. The second-order valence-electron chi connectivity index (χ2n) is 6.66. The van der Waals surface area contributed by atoms with Crippen molar-refractivity contribution in [3.63, 3.8) is 0 Å². The van der Waals surface area contributed by atoms with Crippen LogP contribution in [0.1, 0.15) is 36.0 Å². The van der Waals surface area contributed by atoms with Crippen LogP contribution in [0.4, 0.5) is 11.4 Å². The van der Waals surface area contributed by atoms with Gasteiger partial charge in [-0.3, -0.25) is 20.9 Å². The van der Waals surface area contributed by atoms with Crippen molar-refractivity contribution in [2.75, 3.05) is 29.9 Å². The Morgan fingerprint density at radius 1 is 1.33 bits per heavy atom. The van der Waals surface area contributed by atoms with Crippen LogP contribution in [0.25, 0.3) is 0 Å². The minimum absolute atomic E-state index is 0.0645. The molecule has 2 aromatic rings. The summed E-state index contributed by atoms with van der Waals surface area (Å²) in [7, 11) is 1.84. The number of benzene rings is 1. The zero-order valence-corrected chi connectivity index (χ0v) is 15.7. The van der Waals surface area contributed by atoms with E-state index in [1.807, 2.05) is 32.2 Å². The molecule has 0 bridgehead atoms. The second-order valence-corrected chi connectivity index (χ2v) is 6.66. The van der Waals surface area contributed by atoms with E-state index in [1.54, 1.807) is 21.9 Å². The van der Waals surface area contributed by atoms with E-state index >= 15 is 0 Å². The third kappa shape index (κ3) is 3.59. The van der Waals surface area contributed by atoms with Crippen LogP contribution in [0.3, 0.4) is 0 Å². The molecule has 1 unspecified atom stereocenters. The van der Waals surface area contributed by atoms with Gasteiger partial charge in [-0.15, -0.1) is 0 Å². The smallest absolute Gasteiger partial charge is 0.294 e. The number of fused-ring (bicyclic) bond motifs is 1. The molecule has 4 N–H and O–H groups in total. The van der Waals surface area contributed by atoms with Crippen molar-refractivity contribution in [2.24, 2.45) is 5.84 Å². The third-order valence-electron chi connectivity index (χ3n) is 4.77. The van der Waals surface area contributed by atoms with Crippen molar-refractivity contribution in [2.45, 2.75) is 25.9 Å². The van der Waals surface area contributed by atoms with Gasteiger partial charge in [0.25, 0.3) is 5.91 Å². The average molecular weight is 371 g/mol. The number of hydrogen-bond acceptors (Lipinski definition) is 6. The molecule has 1 aromatic heterocycles. The number of hydrazine groups is 1. The monoisotopic (exact) mass is 371 g/mol. The molecular formula is C19H25N5O3. The van der Waals surface area contributed by atoms with Crippen LogP contribution in [0.15, 0.2) is 41.0 Å². The molecule has 8 heteroatoms. The van der Waals surface area contributed by atoms with Crippen molar-refractivity contribution in [1.29, 1.82) is 0 Å². The number of carbonyl (C=O) groups is 2. The molecule has 0 saturated carbocycles. The Morgan fingerprint density at radius 3 is 2.70 bits per heavy atom. The topological polar surface area (TPSA) is 104 Å². The molecule has 8 nitrogen and oxygen atoms in total. The fourth-order valence-corrected chi connectivity index (χ4v) is 3.54. The standard InChI is InChI=1S/C19H25N5O3/c1-12-11-23(19(26)18-5-4-8-27-18)17-9-14(15(22-20)10-21-3)6-7-16(17)24(12)13(2)25/h4-9,12,15,21-22H,10-11,20H2,1-3H3/t12-,15?/m0/s1. The summed E-state index contributed by atoms with van der Waals surface area (Å²) in [5.41, 5.74) is 5.06. The quantitative estimate of drug-likeness (QED) is 0.542. The SMILES string of the molecule is CNCC(NN)c1ccc2c(c1)N(C(=O)c1ccco1)C[C@H](C)N2C(C)=O. The van der Waals surface area contributed by atoms with Crippen LogP contribution in [0.5, 0.6) is 0 Å². The maximum absolute atomic E-state index is 13.0. The summed E-state index contributed by atoms with van der Waals surface area (Å²) in [6, 6.07) is 8.72. The van der Waals surface area contributed by atoms with Gasteiger partial charge in [0.2, 0.25) is 5.91 Å². The molecule has 1 aromatic carbocycles. The first-order valence-electron chi connectivity index (χ1n) is 8.87. The van der Waals surface area contributed by atoms with E-state index in [0.29, 0.717) is 24.5 Å². The van der Waals surface area contributed by atoms with Gasteiger partial charge >= 0.3 is 0 Å². The number of likely N-dealkylation sites (N-methyl/N-ethyl adjacent to an activating group) is 1. The number of anilines is 2. The van der Waals surface area contributed by atoms with Crippen LogP contribution in [-0.4, -0.2) is 38.0 Å². The molecule has 0 saturated heterocycles. The summed E-state index contributed by atoms with van der Waals surface area (Å²) in [5, 5.41) is 3.09. The van der Waals surface area contributed by atoms with E-state index in [1.165, 1.54) is 13.2 Å². The highest BCUT2D eigenvalue weighted by Gasteiger charge is 2.35. The van der Waals surface area contributed by atoms with Gasteiger partial charge in [-0.2, -0.15) is 0 Å². The molecule has 0 aliphatic carbocycles. The molecule has 27 heavy (non-hydrogen) atoms. The van der Waals surface area contributed by atoms with Gasteiger partial charge < -0.3 is 19.5 Å². The van der Waals surface area contributed by atoms with Crippen molar-refractivity contribution in [3.05, 3.63) is 47.9 Å². The summed E-state index contributed by atoms with van der Waals surface area (Å²) in [5.74, 6) is 5.65. The second kappa shape index (κ2) is 7.91. The first kappa shape index (κ1) is 19.1. The third-order valence-corrected chi connectivity index (χ3v) is 4.77. The Morgan fingerprint density at radius 2 is 2.11 bits per heavy atom. The highest BCUT2D eigenvalue weighted by molar-refractivity contribution is 6.09. The summed E-state index contributed by atoms with van der Waals surface area (Å²) in [6.07, 6.45) is 1.47. The van der Waals surface area contributed by atoms with E-state index in [2.05, 4.69) is 10.7 Å². The molecule has 1 aliphatic rings. The summed E-state index contributed by atoms with van der Waals surface area (Å²) < 4.78 is 5.30. The van der Waals surface area contributed by atoms with Gasteiger partial charge in [-0.05, 0) is 43.8 Å². The van der Waals surface area contributed by atoms with Crippen molar-refractivity contribution in [3.8, 4) is 0 Å². The lowest BCUT2D eigenvalue weighted by molar-refractivity contribution is -0.117. The Kier molecular flexibility index (Phi) is 5.59. The largest absolute Gasteiger partial charge is 0.459 e. The molecule has 0 spiro atoms. The van der Waals surface area contributed by atoms with Gasteiger partial charge in [0.15, 0.2) is 5.76 Å². The molecule has 0 radical (unpaired) electrons. The fraction of sp³-hybridized carbons (Fsp3) is 0.368. The minimum atomic E-state index is -0.237. The fourth-order valence-electron chi connectivity index (χ4n) is 3.54. The molecule has 3 rings (SSSR count). The summed E-state index contributed by atoms with van der Waals surface area (Å²) >= 11 is 0. The highest BCUT2D eigenvalue weighted by atomic mass is 16.3. The van der Waals surface area contributed by atoms with Gasteiger partial charge in [-0.1, -0.05) is 6.07 Å². The van der Waals surface area contributed by atoms with E-state index in [0.717, 1.165) is 5.56 Å². The summed E-state index contributed by atoms with van der Waals surface area (Å²) in [4.78, 5) is 28.6.